The molecule has 110 valence electrons. The van der Waals surface area contributed by atoms with Crippen molar-refractivity contribution in [1.82, 2.24) is 0 Å². The molecule has 0 heterocycles. The predicted molar refractivity (Wildman–Crippen MR) is 79.0 cm³/mol. The average molecular weight is 258 g/mol. The monoisotopic (exact) mass is 258 g/mol. The molecular weight excluding hydrogens is 224 g/mol. The Bertz CT molecular complexity index is 204. The van der Waals surface area contributed by atoms with Gasteiger partial charge in [0.2, 0.25) is 0 Å². The van der Waals surface area contributed by atoms with E-state index in [-0.39, 0.29) is 11.2 Å². The molecule has 0 aliphatic heterocycles. The van der Waals surface area contributed by atoms with Crippen LogP contribution in [0, 0.1) is 5.92 Å². The molecule has 0 bridgehead atoms. The van der Waals surface area contributed by atoms with Gasteiger partial charge in [-0.25, -0.2) is 0 Å². The van der Waals surface area contributed by atoms with Crippen molar-refractivity contribution in [2.45, 2.75) is 85.4 Å². The van der Waals surface area contributed by atoms with Gasteiger partial charge in [-0.3, -0.25) is 0 Å². The summed E-state index contributed by atoms with van der Waals surface area (Å²) in [5, 5.41) is 0. The Hall–Kier alpha value is -0.0800. The minimum absolute atomic E-state index is 0.0861. The van der Waals surface area contributed by atoms with E-state index in [1.807, 2.05) is 0 Å². The summed E-state index contributed by atoms with van der Waals surface area (Å²) in [5.74, 6) is 0.849. The number of ether oxygens (including phenoxy) is 2. The van der Waals surface area contributed by atoms with Crippen LogP contribution in [0.3, 0.4) is 0 Å². The lowest BCUT2D eigenvalue weighted by Crippen LogP contribution is -2.35. The molecule has 0 aromatic rings. The van der Waals surface area contributed by atoms with Crippen molar-refractivity contribution in [3.05, 3.63) is 0 Å². The highest BCUT2D eigenvalue weighted by molar-refractivity contribution is 4.70. The molecule has 2 heteroatoms. The summed E-state index contributed by atoms with van der Waals surface area (Å²) in [4.78, 5) is 0. The van der Waals surface area contributed by atoms with Gasteiger partial charge in [-0.15, -0.1) is 0 Å². The van der Waals surface area contributed by atoms with Crippen LogP contribution in [0.2, 0.25) is 0 Å². The molecule has 0 saturated carbocycles. The molecule has 0 spiro atoms. The van der Waals surface area contributed by atoms with Crippen LogP contribution in [0.1, 0.15) is 74.1 Å². The molecule has 2 nitrogen and oxygen atoms in total. The number of rotatable bonds is 9. The molecule has 0 aromatic heterocycles. The molecular formula is C16H34O2. The first kappa shape index (κ1) is 17.9. The summed E-state index contributed by atoms with van der Waals surface area (Å²) in [7, 11) is 0. The maximum atomic E-state index is 5.92. The van der Waals surface area contributed by atoms with Gasteiger partial charge in [-0.2, -0.15) is 0 Å². The summed E-state index contributed by atoms with van der Waals surface area (Å²) in [6, 6.07) is 0. The van der Waals surface area contributed by atoms with E-state index in [1.165, 1.54) is 19.3 Å². The zero-order valence-electron chi connectivity index (χ0n) is 13.6. The molecule has 0 aliphatic carbocycles. The number of hydrogen-bond donors (Lipinski definition) is 0. The van der Waals surface area contributed by atoms with Crippen LogP contribution in [0.5, 0.6) is 0 Å². The zero-order valence-corrected chi connectivity index (χ0v) is 13.6. The minimum atomic E-state index is -0.177. The van der Waals surface area contributed by atoms with Gasteiger partial charge in [0.25, 0.3) is 0 Å². The summed E-state index contributed by atoms with van der Waals surface area (Å²) in [6.07, 6.45) is 5.03. The van der Waals surface area contributed by atoms with Gasteiger partial charge in [0.1, 0.15) is 0 Å². The SMILES string of the molecule is CCC(C)CCCCOC(C)(C)COC(C)(C)C. The highest BCUT2D eigenvalue weighted by Gasteiger charge is 2.22. The fourth-order valence-corrected chi connectivity index (χ4v) is 1.58. The lowest BCUT2D eigenvalue weighted by molar-refractivity contribution is -0.115. The van der Waals surface area contributed by atoms with Gasteiger partial charge in [-0.1, -0.05) is 33.1 Å². The molecule has 1 atom stereocenters. The fourth-order valence-electron chi connectivity index (χ4n) is 1.58. The minimum Gasteiger partial charge on any atom is -0.373 e. The first-order valence-electron chi connectivity index (χ1n) is 7.44. The lowest BCUT2D eigenvalue weighted by atomic mass is 10.0. The lowest BCUT2D eigenvalue weighted by Gasteiger charge is -2.30. The Labute approximate surface area is 114 Å². The third kappa shape index (κ3) is 11.0. The predicted octanol–water partition coefficient (Wildman–Crippen LogP) is 4.81. The Morgan fingerprint density at radius 3 is 2.06 bits per heavy atom. The van der Waals surface area contributed by atoms with Crippen molar-refractivity contribution in [1.29, 1.82) is 0 Å². The summed E-state index contributed by atoms with van der Waals surface area (Å²) in [6.45, 7) is 16.5. The average Bonchev–Trinajstić information content (AvgIpc) is 2.25. The van der Waals surface area contributed by atoms with Crippen molar-refractivity contribution < 1.29 is 9.47 Å². The Kier molecular flexibility index (Phi) is 8.13. The molecule has 0 amide bonds. The largest absolute Gasteiger partial charge is 0.373 e. The van der Waals surface area contributed by atoms with Crippen LogP contribution >= 0.6 is 0 Å². The van der Waals surface area contributed by atoms with Crippen molar-refractivity contribution in [2.75, 3.05) is 13.2 Å². The molecule has 0 fully saturated rings. The van der Waals surface area contributed by atoms with E-state index < -0.39 is 0 Å². The van der Waals surface area contributed by atoms with Crippen LogP contribution < -0.4 is 0 Å². The second-order valence-electron chi connectivity index (χ2n) is 7.02. The molecule has 1 unspecified atom stereocenters. The zero-order chi connectivity index (χ0) is 14.2. The van der Waals surface area contributed by atoms with E-state index in [2.05, 4.69) is 48.5 Å². The van der Waals surface area contributed by atoms with Crippen LogP contribution in [-0.4, -0.2) is 24.4 Å². The highest BCUT2D eigenvalue weighted by Crippen LogP contribution is 2.17. The molecule has 0 rings (SSSR count). The molecule has 0 saturated heterocycles. The maximum Gasteiger partial charge on any atom is 0.0859 e. The molecule has 18 heavy (non-hydrogen) atoms. The summed E-state index contributed by atoms with van der Waals surface area (Å²) in [5.41, 5.74) is -0.263. The Balaban J connectivity index is 3.64. The highest BCUT2D eigenvalue weighted by atomic mass is 16.5. The fraction of sp³-hybridized carbons (Fsp3) is 1.00. The quantitative estimate of drug-likeness (QED) is 0.552. The van der Waals surface area contributed by atoms with E-state index >= 15 is 0 Å². The molecule has 0 N–H and O–H groups in total. The van der Waals surface area contributed by atoms with Gasteiger partial charge >= 0.3 is 0 Å². The third-order valence-electron chi connectivity index (χ3n) is 3.13. The summed E-state index contributed by atoms with van der Waals surface area (Å²) < 4.78 is 11.7. The first-order valence-corrected chi connectivity index (χ1v) is 7.44. The van der Waals surface area contributed by atoms with Crippen LogP contribution in [0.4, 0.5) is 0 Å². The van der Waals surface area contributed by atoms with Crippen molar-refractivity contribution in [2.24, 2.45) is 5.92 Å². The van der Waals surface area contributed by atoms with Crippen LogP contribution in [-0.2, 0) is 9.47 Å². The number of unbranched alkanes of at least 4 members (excludes halogenated alkanes) is 1. The van der Waals surface area contributed by atoms with Gasteiger partial charge in [0.05, 0.1) is 17.8 Å². The standard InChI is InChI=1S/C16H34O2/c1-8-14(2)11-9-10-12-17-16(6,7)13-18-15(3,4)5/h14H,8-13H2,1-7H3. The van der Waals surface area contributed by atoms with Crippen molar-refractivity contribution >= 4 is 0 Å². The van der Waals surface area contributed by atoms with E-state index in [9.17, 15) is 0 Å². The molecule has 0 aliphatic rings. The van der Waals surface area contributed by atoms with E-state index in [4.69, 9.17) is 9.47 Å². The van der Waals surface area contributed by atoms with E-state index in [0.29, 0.717) is 6.61 Å². The van der Waals surface area contributed by atoms with Crippen LogP contribution in [0.25, 0.3) is 0 Å². The second kappa shape index (κ2) is 8.16. The topological polar surface area (TPSA) is 18.5 Å². The smallest absolute Gasteiger partial charge is 0.0859 e. The second-order valence-corrected chi connectivity index (χ2v) is 7.02. The van der Waals surface area contributed by atoms with Crippen molar-refractivity contribution in [3.8, 4) is 0 Å². The van der Waals surface area contributed by atoms with Crippen LogP contribution in [0.15, 0.2) is 0 Å². The van der Waals surface area contributed by atoms with E-state index in [1.54, 1.807) is 0 Å². The third-order valence-corrected chi connectivity index (χ3v) is 3.13. The van der Waals surface area contributed by atoms with Crippen molar-refractivity contribution in [3.63, 3.8) is 0 Å². The normalized spacial score (nSPS) is 14.8. The van der Waals surface area contributed by atoms with Gasteiger partial charge in [0.15, 0.2) is 0 Å². The Morgan fingerprint density at radius 2 is 1.56 bits per heavy atom. The van der Waals surface area contributed by atoms with Gasteiger partial charge in [-0.05, 0) is 47.0 Å². The number of hydrogen-bond acceptors (Lipinski definition) is 2. The van der Waals surface area contributed by atoms with Gasteiger partial charge in [0, 0.05) is 6.61 Å². The molecule has 0 radical (unpaired) electrons. The Morgan fingerprint density at radius 1 is 0.944 bits per heavy atom. The summed E-state index contributed by atoms with van der Waals surface area (Å²) >= 11 is 0. The van der Waals surface area contributed by atoms with Gasteiger partial charge < -0.3 is 9.47 Å². The maximum absolute atomic E-state index is 5.92. The van der Waals surface area contributed by atoms with E-state index in [0.717, 1.165) is 18.9 Å². The first-order chi connectivity index (χ1) is 8.16. The molecule has 0 aromatic carbocycles.